The minimum Gasteiger partial charge on any atom is -0.495 e. The van der Waals surface area contributed by atoms with E-state index in [1.54, 1.807) is 51.0 Å². The second-order valence-electron chi connectivity index (χ2n) is 7.33. The number of carbonyl (C=O) groups is 1. The van der Waals surface area contributed by atoms with Gasteiger partial charge in [0, 0.05) is 20.2 Å². The van der Waals surface area contributed by atoms with Crippen LogP contribution in [0.2, 0.25) is 0 Å². The third-order valence-corrected chi connectivity index (χ3v) is 9.84. The number of hydrogen-bond acceptors (Lipinski definition) is 8. The van der Waals surface area contributed by atoms with E-state index < -0.39 is 22.0 Å². The summed E-state index contributed by atoms with van der Waals surface area (Å²) in [4.78, 5) is 18.1. The highest BCUT2D eigenvalue weighted by Crippen LogP contribution is 2.35. The van der Waals surface area contributed by atoms with E-state index in [1.165, 1.54) is 15.6 Å². The van der Waals surface area contributed by atoms with E-state index in [9.17, 15) is 13.2 Å². The lowest BCUT2D eigenvalue weighted by molar-refractivity contribution is -0.121. The zero-order valence-corrected chi connectivity index (χ0v) is 21.0. The number of thiazole rings is 1. The van der Waals surface area contributed by atoms with Gasteiger partial charge in [0.25, 0.3) is 15.9 Å². The van der Waals surface area contributed by atoms with Crippen molar-refractivity contribution in [2.75, 3.05) is 34.5 Å². The molecule has 1 unspecified atom stereocenters. The predicted octanol–water partition coefficient (Wildman–Crippen LogP) is 2.71. The van der Waals surface area contributed by atoms with Gasteiger partial charge in [0.05, 0.1) is 20.8 Å². The average Bonchev–Trinajstić information content (AvgIpc) is 3.57. The normalized spacial score (nSPS) is 17.7. The van der Waals surface area contributed by atoms with Crippen LogP contribution in [0.1, 0.15) is 12.8 Å². The molecule has 3 heterocycles. The van der Waals surface area contributed by atoms with Crippen molar-refractivity contribution in [2.24, 2.45) is 4.99 Å². The van der Waals surface area contributed by atoms with E-state index in [0.717, 1.165) is 21.6 Å². The molecule has 9 nitrogen and oxygen atoms in total. The summed E-state index contributed by atoms with van der Waals surface area (Å²) in [7, 11) is 1.01. The summed E-state index contributed by atoms with van der Waals surface area (Å²) in [6, 6.07) is 6.01. The predicted molar refractivity (Wildman–Crippen MR) is 127 cm³/mol. The summed E-state index contributed by atoms with van der Waals surface area (Å²) in [5.41, 5.74) is 0.750. The Bertz CT molecular complexity index is 1310. The van der Waals surface area contributed by atoms with Gasteiger partial charge >= 0.3 is 0 Å². The van der Waals surface area contributed by atoms with Gasteiger partial charge in [0.15, 0.2) is 4.80 Å². The molecule has 1 aliphatic heterocycles. The largest absolute Gasteiger partial charge is 0.495 e. The lowest BCUT2D eigenvalue weighted by Crippen LogP contribution is -2.40. The fraction of sp³-hybridized carbons (Fsp3) is 0.429. The van der Waals surface area contributed by atoms with Gasteiger partial charge < -0.3 is 18.8 Å². The van der Waals surface area contributed by atoms with E-state index in [-0.39, 0.29) is 4.21 Å². The maximum atomic E-state index is 13.3. The first-order chi connectivity index (χ1) is 15.9. The van der Waals surface area contributed by atoms with Crippen molar-refractivity contribution in [1.29, 1.82) is 0 Å². The van der Waals surface area contributed by atoms with Crippen molar-refractivity contribution < 1.29 is 27.4 Å². The third kappa shape index (κ3) is 4.45. The first-order valence-electron chi connectivity index (χ1n) is 10.3. The van der Waals surface area contributed by atoms with E-state index in [4.69, 9.17) is 14.2 Å². The summed E-state index contributed by atoms with van der Waals surface area (Å²) < 4.78 is 46.6. The van der Waals surface area contributed by atoms with E-state index in [1.807, 2.05) is 4.57 Å². The van der Waals surface area contributed by atoms with Gasteiger partial charge in [0.1, 0.15) is 32.0 Å². The van der Waals surface area contributed by atoms with Crippen LogP contribution in [0.25, 0.3) is 10.2 Å². The number of nitrogens with zero attached hydrogens (tertiary/aromatic N) is 3. The summed E-state index contributed by atoms with van der Waals surface area (Å²) >= 11 is 2.44. The van der Waals surface area contributed by atoms with Gasteiger partial charge in [-0.3, -0.25) is 4.79 Å². The van der Waals surface area contributed by atoms with Crippen LogP contribution in [0.4, 0.5) is 0 Å². The quantitative estimate of drug-likeness (QED) is 0.461. The van der Waals surface area contributed by atoms with Crippen LogP contribution in [0.3, 0.4) is 0 Å². The molecule has 4 rings (SSSR count). The minimum absolute atomic E-state index is 0.230. The molecule has 1 aliphatic rings. The molecular formula is C21H25N3O6S3. The molecule has 1 atom stereocenters. The first kappa shape index (κ1) is 23.9. The number of ether oxygens (including phenoxy) is 3. The van der Waals surface area contributed by atoms with Crippen molar-refractivity contribution in [3.8, 4) is 11.5 Å². The molecule has 0 radical (unpaired) electrons. The number of benzene rings is 1. The van der Waals surface area contributed by atoms with Crippen LogP contribution < -0.4 is 14.3 Å². The fourth-order valence-corrected chi connectivity index (χ4v) is 7.84. The SMILES string of the molecule is COCCn1c(=NC(=O)C2CCCN2S(=O)(=O)c2cccs2)sc2c(OC)ccc(OC)c21. The Labute approximate surface area is 199 Å². The highest BCUT2D eigenvalue weighted by atomic mass is 32.2. The Morgan fingerprint density at radius 1 is 1.18 bits per heavy atom. The molecule has 0 saturated carbocycles. The maximum Gasteiger partial charge on any atom is 0.266 e. The summed E-state index contributed by atoms with van der Waals surface area (Å²) in [6.07, 6.45) is 1.04. The van der Waals surface area contributed by atoms with Crippen molar-refractivity contribution in [3.63, 3.8) is 0 Å². The molecule has 1 fully saturated rings. The Kier molecular flexibility index (Phi) is 7.19. The van der Waals surface area contributed by atoms with Gasteiger partial charge in [-0.2, -0.15) is 9.30 Å². The van der Waals surface area contributed by atoms with Crippen LogP contribution in [0.15, 0.2) is 38.8 Å². The van der Waals surface area contributed by atoms with Crippen LogP contribution in [0, 0.1) is 0 Å². The number of sulfonamides is 1. The van der Waals surface area contributed by atoms with Crippen molar-refractivity contribution in [3.05, 3.63) is 34.4 Å². The second-order valence-corrected chi connectivity index (χ2v) is 11.4. The Morgan fingerprint density at radius 2 is 1.94 bits per heavy atom. The summed E-state index contributed by atoms with van der Waals surface area (Å²) in [5.74, 6) is 0.775. The number of hydrogen-bond donors (Lipinski definition) is 0. The van der Waals surface area contributed by atoms with E-state index in [0.29, 0.717) is 48.8 Å². The lowest BCUT2D eigenvalue weighted by atomic mass is 10.2. The number of amides is 1. The number of carbonyl (C=O) groups excluding carboxylic acids is 1. The molecular weight excluding hydrogens is 486 g/mol. The maximum absolute atomic E-state index is 13.3. The lowest BCUT2D eigenvalue weighted by Gasteiger charge is -2.20. The zero-order valence-electron chi connectivity index (χ0n) is 18.5. The molecule has 1 aromatic carbocycles. The average molecular weight is 512 g/mol. The van der Waals surface area contributed by atoms with E-state index >= 15 is 0 Å². The highest BCUT2D eigenvalue weighted by molar-refractivity contribution is 7.91. The second kappa shape index (κ2) is 9.94. The van der Waals surface area contributed by atoms with Crippen LogP contribution in [-0.2, 0) is 26.1 Å². The number of aromatic nitrogens is 1. The Hall–Kier alpha value is -2.25. The molecule has 0 aliphatic carbocycles. The molecule has 2 aromatic heterocycles. The van der Waals surface area contributed by atoms with Crippen molar-refractivity contribution in [2.45, 2.75) is 29.6 Å². The molecule has 178 valence electrons. The van der Waals surface area contributed by atoms with Crippen LogP contribution in [-0.4, -0.2) is 63.7 Å². The van der Waals surface area contributed by atoms with Gasteiger partial charge in [-0.15, -0.1) is 11.3 Å². The minimum atomic E-state index is -3.74. The smallest absolute Gasteiger partial charge is 0.266 e. The molecule has 3 aromatic rings. The first-order valence-corrected chi connectivity index (χ1v) is 13.4. The van der Waals surface area contributed by atoms with Gasteiger partial charge in [-0.25, -0.2) is 8.42 Å². The number of fused-ring (bicyclic) bond motifs is 1. The molecule has 1 saturated heterocycles. The Morgan fingerprint density at radius 3 is 2.61 bits per heavy atom. The molecule has 0 spiro atoms. The third-order valence-electron chi connectivity index (χ3n) is 5.46. The molecule has 0 N–H and O–H groups in total. The molecule has 1 amide bonds. The van der Waals surface area contributed by atoms with Crippen molar-refractivity contribution >= 4 is 48.8 Å². The molecule has 0 bridgehead atoms. The summed E-state index contributed by atoms with van der Waals surface area (Å²) in [5, 5.41) is 1.71. The summed E-state index contributed by atoms with van der Waals surface area (Å²) in [6.45, 7) is 1.13. The van der Waals surface area contributed by atoms with Gasteiger partial charge in [-0.05, 0) is 36.4 Å². The van der Waals surface area contributed by atoms with Crippen molar-refractivity contribution in [1.82, 2.24) is 8.87 Å². The number of thiophene rings is 1. The zero-order chi connectivity index (χ0) is 23.6. The standard InChI is InChI=1S/C21H25N3O6S3/c1-28-12-11-23-18-15(29-2)8-9-16(30-3)19(18)32-21(23)22-20(25)14-6-4-10-24(14)33(26,27)17-7-5-13-31-17/h5,7-9,13-14H,4,6,10-12H2,1-3H3. The van der Waals surface area contributed by atoms with Gasteiger partial charge in [-0.1, -0.05) is 17.4 Å². The van der Waals surface area contributed by atoms with Crippen LogP contribution in [0.5, 0.6) is 11.5 Å². The number of rotatable bonds is 8. The molecule has 33 heavy (non-hydrogen) atoms. The van der Waals surface area contributed by atoms with Gasteiger partial charge in [0.2, 0.25) is 0 Å². The monoisotopic (exact) mass is 511 g/mol. The number of methoxy groups -OCH3 is 3. The fourth-order valence-electron chi connectivity index (χ4n) is 3.90. The van der Waals surface area contributed by atoms with E-state index in [2.05, 4.69) is 4.99 Å². The molecule has 12 heteroatoms. The van der Waals surface area contributed by atoms with Crippen LogP contribution >= 0.6 is 22.7 Å². The Balaban J connectivity index is 1.80. The topological polar surface area (TPSA) is 99.4 Å². The highest BCUT2D eigenvalue weighted by Gasteiger charge is 2.40.